The van der Waals surface area contributed by atoms with Crippen LogP contribution >= 0.6 is 11.6 Å². The van der Waals surface area contributed by atoms with Crippen LogP contribution in [-0.4, -0.2) is 50.5 Å². The predicted octanol–water partition coefficient (Wildman–Crippen LogP) is 5.01. The summed E-state index contributed by atoms with van der Waals surface area (Å²) >= 11 is 6.38. The molecule has 1 fully saturated rings. The Bertz CT molecular complexity index is 1320. The van der Waals surface area contributed by atoms with Crippen LogP contribution in [0.2, 0.25) is 5.02 Å². The molecule has 0 aliphatic carbocycles. The number of nitrogens with one attached hydrogen (secondary N) is 3. The van der Waals surface area contributed by atoms with E-state index in [2.05, 4.69) is 43.1 Å². The summed E-state index contributed by atoms with van der Waals surface area (Å²) in [6, 6.07) is 6.18. The van der Waals surface area contributed by atoms with Crippen LogP contribution in [0.25, 0.3) is 0 Å². The zero-order valence-corrected chi connectivity index (χ0v) is 23.1. The van der Waals surface area contributed by atoms with Crippen LogP contribution in [0.15, 0.2) is 30.6 Å². The molecule has 1 saturated heterocycles. The van der Waals surface area contributed by atoms with E-state index in [0.29, 0.717) is 11.6 Å². The molecule has 0 unspecified atom stereocenters. The zero-order valence-electron chi connectivity index (χ0n) is 22.3. The lowest BCUT2D eigenvalue weighted by molar-refractivity contribution is -0.117. The Balaban J connectivity index is 1.60. The summed E-state index contributed by atoms with van der Waals surface area (Å²) in [6.45, 7) is 9.33. The number of nitrogens with zero attached hydrogens (tertiary/aromatic N) is 4. The number of anilines is 4. The van der Waals surface area contributed by atoms with Gasteiger partial charge in [-0.25, -0.2) is 4.98 Å². The van der Waals surface area contributed by atoms with E-state index < -0.39 is 17.5 Å². The SMILES string of the molecule is CC(C)Oc1cc(C2CCNCC2)ccc1Nc1ncc(Cl)c(Nc2cn(C)nc2C(=O)C(=O)C(C)C)n1. The van der Waals surface area contributed by atoms with Crippen LogP contribution in [0, 0.1) is 5.92 Å². The molecule has 11 heteroatoms. The monoisotopic (exact) mass is 539 g/mol. The maximum absolute atomic E-state index is 12.7. The fraction of sp³-hybridized carbons (Fsp3) is 0.444. The molecular weight excluding hydrogens is 506 g/mol. The van der Waals surface area contributed by atoms with Crippen molar-refractivity contribution in [2.24, 2.45) is 13.0 Å². The van der Waals surface area contributed by atoms with Crippen molar-refractivity contribution >= 4 is 46.3 Å². The Hall–Kier alpha value is -3.50. The molecule has 0 radical (unpaired) electrons. The number of ketones is 2. The van der Waals surface area contributed by atoms with E-state index in [1.807, 2.05) is 19.9 Å². The van der Waals surface area contributed by atoms with Gasteiger partial charge in [0.15, 0.2) is 11.5 Å². The number of benzene rings is 1. The summed E-state index contributed by atoms with van der Waals surface area (Å²) in [5.41, 5.74) is 2.31. The van der Waals surface area contributed by atoms with E-state index in [0.717, 1.165) is 37.4 Å². The molecule has 0 bridgehead atoms. The molecule has 0 atom stereocenters. The number of rotatable bonds is 10. The van der Waals surface area contributed by atoms with Crippen molar-refractivity contribution in [3.63, 3.8) is 0 Å². The molecule has 0 amide bonds. The molecule has 2 aromatic heterocycles. The van der Waals surface area contributed by atoms with Crippen LogP contribution in [0.4, 0.5) is 23.1 Å². The number of halogens is 1. The Morgan fingerprint density at radius 2 is 1.87 bits per heavy atom. The molecule has 10 nitrogen and oxygen atoms in total. The maximum Gasteiger partial charge on any atom is 0.251 e. The highest BCUT2D eigenvalue weighted by Gasteiger charge is 2.26. The van der Waals surface area contributed by atoms with Crippen LogP contribution in [-0.2, 0) is 11.8 Å². The van der Waals surface area contributed by atoms with Crippen LogP contribution in [0.3, 0.4) is 0 Å². The molecule has 4 rings (SSSR count). The van der Waals surface area contributed by atoms with Crippen molar-refractivity contribution in [2.45, 2.75) is 52.6 Å². The fourth-order valence-corrected chi connectivity index (χ4v) is 4.43. The Morgan fingerprint density at radius 3 is 2.55 bits per heavy atom. The molecule has 0 saturated carbocycles. The largest absolute Gasteiger partial charge is 0.489 e. The van der Waals surface area contributed by atoms with Gasteiger partial charge in [-0.3, -0.25) is 14.3 Å². The Morgan fingerprint density at radius 1 is 1.13 bits per heavy atom. The van der Waals surface area contributed by atoms with E-state index in [-0.39, 0.29) is 28.6 Å². The number of piperidine rings is 1. The minimum absolute atomic E-state index is 0.0107. The number of aromatic nitrogens is 4. The number of hydrogen-bond donors (Lipinski definition) is 3. The molecule has 3 aromatic rings. The van der Waals surface area contributed by atoms with Crippen molar-refractivity contribution < 1.29 is 14.3 Å². The summed E-state index contributed by atoms with van der Waals surface area (Å²) in [7, 11) is 1.67. The van der Waals surface area contributed by atoms with Crippen molar-refractivity contribution in [2.75, 3.05) is 23.7 Å². The summed E-state index contributed by atoms with van der Waals surface area (Å²) in [6.07, 6.45) is 5.22. The quantitative estimate of drug-likeness (QED) is 0.241. The second-order valence-corrected chi connectivity index (χ2v) is 10.4. The second kappa shape index (κ2) is 11.9. The topological polar surface area (TPSA) is 123 Å². The van der Waals surface area contributed by atoms with Gasteiger partial charge in [-0.2, -0.15) is 10.1 Å². The summed E-state index contributed by atoms with van der Waals surface area (Å²) in [5.74, 6) is 0.123. The van der Waals surface area contributed by atoms with Crippen LogP contribution in [0.5, 0.6) is 5.75 Å². The summed E-state index contributed by atoms with van der Waals surface area (Å²) in [5, 5.41) is 14.1. The molecule has 1 aromatic carbocycles. The van der Waals surface area contributed by atoms with E-state index >= 15 is 0 Å². The van der Waals surface area contributed by atoms with Gasteiger partial charge in [-0.05, 0) is 63.4 Å². The van der Waals surface area contributed by atoms with E-state index in [1.54, 1.807) is 27.1 Å². The van der Waals surface area contributed by atoms with Gasteiger partial charge in [-0.15, -0.1) is 0 Å². The number of Topliss-reactive ketones (excluding diaryl/α,β-unsaturated/α-hetero) is 2. The van der Waals surface area contributed by atoms with Crippen molar-refractivity contribution in [3.05, 3.63) is 46.9 Å². The third-order valence-corrected chi connectivity index (χ3v) is 6.49. The second-order valence-electron chi connectivity index (χ2n) is 10.00. The molecule has 202 valence electrons. The molecular formula is C27H34ClN7O3. The minimum atomic E-state index is -0.670. The third-order valence-electron chi connectivity index (χ3n) is 6.21. The third kappa shape index (κ3) is 6.49. The first-order chi connectivity index (χ1) is 18.1. The maximum atomic E-state index is 12.7. The van der Waals surface area contributed by atoms with Gasteiger partial charge in [0.1, 0.15) is 10.8 Å². The molecule has 3 heterocycles. The minimum Gasteiger partial charge on any atom is -0.489 e. The first-order valence-electron chi connectivity index (χ1n) is 12.8. The van der Waals surface area contributed by atoms with Gasteiger partial charge in [-0.1, -0.05) is 31.5 Å². The van der Waals surface area contributed by atoms with E-state index in [1.165, 1.54) is 16.4 Å². The molecule has 3 N–H and O–H groups in total. The van der Waals surface area contributed by atoms with Gasteiger partial charge < -0.3 is 20.7 Å². The highest BCUT2D eigenvalue weighted by molar-refractivity contribution is 6.44. The lowest BCUT2D eigenvalue weighted by Gasteiger charge is -2.24. The van der Waals surface area contributed by atoms with Gasteiger partial charge in [0.05, 0.1) is 23.7 Å². The van der Waals surface area contributed by atoms with Crippen LogP contribution in [0.1, 0.15) is 62.5 Å². The standard InChI is InChI=1S/C27H34ClN7O3/c1-15(2)24(36)25(37)23-21(14-35(5)34-23)31-26-19(28)13-30-27(33-26)32-20-7-6-18(12-22(20)38-16(3)4)17-8-10-29-11-9-17/h6-7,12-17,29H,8-11H2,1-5H3,(H2,30,31,32,33). The first-order valence-corrected chi connectivity index (χ1v) is 13.2. The lowest BCUT2D eigenvalue weighted by Crippen LogP contribution is -2.26. The normalized spacial score (nSPS) is 14.1. The van der Waals surface area contributed by atoms with Gasteiger partial charge in [0.2, 0.25) is 11.7 Å². The van der Waals surface area contributed by atoms with Gasteiger partial charge >= 0.3 is 0 Å². The molecule has 1 aliphatic rings. The molecule has 1 aliphatic heterocycles. The Labute approximate surface area is 227 Å². The van der Waals surface area contributed by atoms with E-state index in [9.17, 15) is 9.59 Å². The fourth-order valence-electron chi connectivity index (χ4n) is 4.29. The van der Waals surface area contributed by atoms with Gasteiger partial charge in [0, 0.05) is 19.2 Å². The number of carbonyl (C=O) groups is 2. The van der Waals surface area contributed by atoms with Crippen molar-refractivity contribution in [3.8, 4) is 5.75 Å². The molecule has 38 heavy (non-hydrogen) atoms. The number of hydrogen-bond acceptors (Lipinski definition) is 9. The smallest absolute Gasteiger partial charge is 0.251 e. The number of ether oxygens (including phenoxy) is 1. The van der Waals surface area contributed by atoms with Gasteiger partial charge in [0.25, 0.3) is 5.78 Å². The zero-order chi connectivity index (χ0) is 27.4. The molecule has 0 spiro atoms. The van der Waals surface area contributed by atoms with Crippen LogP contribution < -0.4 is 20.7 Å². The van der Waals surface area contributed by atoms with Crippen molar-refractivity contribution in [1.82, 2.24) is 25.1 Å². The Kier molecular flexibility index (Phi) is 8.63. The highest BCUT2D eigenvalue weighted by atomic mass is 35.5. The highest BCUT2D eigenvalue weighted by Crippen LogP contribution is 2.35. The predicted molar refractivity (Wildman–Crippen MR) is 148 cm³/mol. The summed E-state index contributed by atoms with van der Waals surface area (Å²) in [4.78, 5) is 33.9. The number of carbonyl (C=O) groups excluding carboxylic acids is 2. The van der Waals surface area contributed by atoms with Crippen molar-refractivity contribution in [1.29, 1.82) is 0 Å². The first kappa shape index (κ1) is 27.5. The lowest BCUT2D eigenvalue weighted by atomic mass is 9.90. The average Bonchev–Trinajstić information content (AvgIpc) is 3.26. The van der Waals surface area contributed by atoms with E-state index in [4.69, 9.17) is 16.3 Å². The average molecular weight is 540 g/mol. The summed E-state index contributed by atoms with van der Waals surface area (Å²) < 4.78 is 7.58. The number of aryl methyl sites for hydroxylation is 1.